The van der Waals surface area contributed by atoms with E-state index in [1.54, 1.807) is 0 Å². The molecule has 0 saturated heterocycles. The average molecular weight is 226 g/mol. The smallest absolute Gasteiger partial charge is 0.0443 e. The second-order valence-electron chi connectivity index (χ2n) is 4.23. The number of nitrogens with two attached hydrogens (primary N) is 1. The highest BCUT2D eigenvalue weighted by molar-refractivity contribution is 6.31. The Hall–Kier alpha value is -0.530. The van der Waals surface area contributed by atoms with E-state index < -0.39 is 0 Å². The van der Waals surface area contributed by atoms with Gasteiger partial charge >= 0.3 is 0 Å². The standard InChI is InChI=1S/C13H20ClN/c1-4-9(2)12-6-5-11(7-13(12)14)10(3)8-15/h5-7,9-10H,4,8,15H2,1-3H3. The molecule has 1 aromatic carbocycles. The Bertz CT molecular complexity index is 322. The van der Waals surface area contributed by atoms with E-state index in [9.17, 15) is 0 Å². The van der Waals surface area contributed by atoms with Gasteiger partial charge in [0.05, 0.1) is 0 Å². The van der Waals surface area contributed by atoms with Gasteiger partial charge in [0, 0.05) is 5.02 Å². The van der Waals surface area contributed by atoms with Crippen LogP contribution in [0.1, 0.15) is 50.2 Å². The molecule has 0 aromatic heterocycles. The summed E-state index contributed by atoms with van der Waals surface area (Å²) < 4.78 is 0. The molecule has 2 unspecified atom stereocenters. The molecule has 2 atom stereocenters. The third-order valence-corrected chi connectivity index (χ3v) is 3.42. The first-order chi connectivity index (χ1) is 7.10. The number of halogens is 1. The summed E-state index contributed by atoms with van der Waals surface area (Å²) in [7, 11) is 0. The summed E-state index contributed by atoms with van der Waals surface area (Å²) in [6.45, 7) is 7.16. The van der Waals surface area contributed by atoms with Crippen molar-refractivity contribution in [1.29, 1.82) is 0 Å². The second kappa shape index (κ2) is 5.53. The van der Waals surface area contributed by atoms with Gasteiger partial charge in [-0.2, -0.15) is 0 Å². The first-order valence-corrected chi connectivity index (χ1v) is 5.97. The monoisotopic (exact) mass is 225 g/mol. The van der Waals surface area contributed by atoms with Crippen LogP contribution in [-0.2, 0) is 0 Å². The lowest BCUT2D eigenvalue weighted by molar-refractivity contribution is 0.729. The largest absolute Gasteiger partial charge is 0.330 e. The lowest BCUT2D eigenvalue weighted by Crippen LogP contribution is -2.09. The molecule has 0 aliphatic rings. The predicted octanol–water partition coefficient (Wildman–Crippen LogP) is 3.92. The molecule has 1 rings (SSSR count). The van der Waals surface area contributed by atoms with Gasteiger partial charge in [0.15, 0.2) is 0 Å². The summed E-state index contributed by atoms with van der Waals surface area (Å²) >= 11 is 6.26. The van der Waals surface area contributed by atoms with E-state index in [1.165, 1.54) is 11.1 Å². The summed E-state index contributed by atoms with van der Waals surface area (Å²) in [6, 6.07) is 6.34. The normalized spacial score (nSPS) is 15.0. The van der Waals surface area contributed by atoms with Crippen LogP contribution in [0.4, 0.5) is 0 Å². The molecule has 15 heavy (non-hydrogen) atoms. The highest BCUT2D eigenvalue weighted by Gasteiger charge is 2.10. The lowest BCUT2D eigenvalue weighted by Gasteiger charge is -2.15. The van der Waals surface area contributed by atoms with Crippen LogP contribution < -0.4 is 5.73 Å². The highest BCUT2D eigenvalue weighted by atomic mass is 35.5. The highest BCUT2D eigenvalue weighted by Crippen LogP contribution is 2.29. The first kappa shape index (κ1) is 12.5. The van der Waals surface area contributed by atoms with Crippen LogP contribution in [0.15, 0.2) is 18.2 Å². The van der Waals surface area contributed by atoms with Crippen LogP contribution >= 0.6 is 11.6 Å². The van der Waals surface area contributed by atoms with Gasteiger partial charge in [-0.1, -0.05) is 44.5 Å². The van der Waals surface area contributed by atoms with E-state index in [0.717, 1.165) is 11.4 Å². The summed E-state index contributed by atoms with van der Waals surface area (Å²) in [5.74, 6) is 0.910. The molecular formula is C13H20ClN. The molecule has 0 saturated carbocycles. The van der Waals surface area contributed by atoms with E-state index in [1.807, 2.05) is 0 Å². The van der Waals surface area contributed by atoms with Crippen molar-refractivity contribution >= 4 is 11.6 Å². The maximum absolute atomic E-state index is 6.26. The molecule has 0 bridgehead atoms. The van der Waals surface area contributed by atoms with E-state index in [0.29, 0.717) is 18.4 Å². The molecule has 0 heterocycles. The van der Waals surface area contributed by atoms with Gasteiger partial charge < -0.3 is 5.73 Å². The Morgan fingerprint density at radius 1 is 1.27 bits per heavy atom. The Balaban J connectivity index is 2.97. The number of rotatable bonds is 4. The van der Waals surface area contributed by atoms with E-state index in [2.05, 4.69) is 39.0 Å². The number of benzene rings is 1. The maximum atomic E-state index is 6.26. The maximum Gasteiger partial charge on any atom is 0.0443 e. The molecule has 0 fully saturated rings. The zero-order chi connectivity index (χ0) is 11.4. The number of hydrogen-bond donors (Lipinski definition) is 1. The molecular weight excluding hydrogens is 206 g/mol. The fraction of sp³-hybridized carbons (Fsp3) is 0.538. The molecule has 0 radical (unpaired) electrons. The first-order valence-electron chi connectivity index (χ1n) is 5.59. The van der Waals surface area contributed by atoms with Crippen molar-refractivity contribution in [2.45, 2.75) is 39.0 Å². The number of hydrogen-bond acceptors (Lipinski definition) is 1. The minimum absolute atomic E-state index is 0.383. The molecule has 0 amide bonds. The van der Waals surface area contributed by atoms with Crippen LogP contribution in [-0.4, -0.2) is 6.54 Å². The summed E-state index contributed by atoms with van der Waals surface area (Å²) in [6.07, 6.45) is 1.12. The Kier molecular flexibility index (Phi) is 4.62. The summed E-state index contributed by atoms with van der Waals surface area (Å²) in [5.41, 5.74) is 8.11. The Labute approximate surface area is 97.6 Å². The predicted molar refractivity (Wildman–Crippen MR) is 67.6 cm³/mol. The Morgan fingerprint density at radius 3 is 2.40 bits per heavy atom. The van der Waals surface area contributed by atoms with Gasteiger partial charge in [-0.25, -0.2) is 0 Å². The molecule has 2 N–H and O–H groups in total. The lowest BCUT2D eigenvalue weighted by atomic mass is 9.94. The van der Waals surface area contributed by atoms with Crippen molar-refractivity contribution in [3.63, 3.8) is 0 Å². The summed E-state index contributed by atoms with van der Waals surface area (Å²) in [5, 5.41) is 0.877. The van der Waals surface area contributed by atoms with Crippen molar-refractivity contribution in [1.82, 2.24) is 0 Å². The van der Waals surface area contributed by atoms with Crippen molar-refractivity contribution in [3.8, 4) is 0 Å². The van der Waals surface area contributed by atoms with Gasteiger partial charge in [0.25, 0.3) is 0 Å². The molecule has 0 spiro atoms. The minimum atomic E-state index is 0.383. The summed E-state index contributed by atoms with van der Waals surface area (Å²) in [4.78, 5) is 0. The van der Waals surface area contributed by atoms with Crippen LogP contribution in [0.3, 0.4) is 0 Å². The molecule has 0 aliphatic heterocycles. The van der Waals surface area contributed by atoms with Crippen molar-refractivity contribution in [3.05, 3.63) is 34.3 Å². The SMILES string of the molecule is CCC(C)c1ccc(C(C)CN)cc1Cl. The molecule has 1 aromatic rings. The van der Waals surface area contributed by atoms with Crippen LogP contribution in [0, 0.1) is 0 Å². The van der Waals surface area contributed by atoms with Crippen LogP contribution in [0.25, 0.3) is 0 Å². The van der Waals surface area contributed by atoms with Gasteiger partial charge in [-0.05, 0) is 42.0 Å². The van der Waals surface area contributed by atoms with Crippen molar-refractivity contribution in [2.24, 2.45) is 5.73 Å². The molecule has 84 valence electrons. The fourth-order valence-corrected chi connectivity index (χ4v) is 1.98. The van der Waals surface area contributed by atoms with Gasteiger partial charge in [-0.15, -0.1) is 0 Å². The van der Waals surface area contributed by atoms with Crippen LogP contribution in [0.5, 0.6) is 0 Å². The molecule has 2 heteroatoms. The van der Waals surface area contributed by atoms with Crippen molar-refractivity contribution in [2.75, 3.05) is 6.54 Å². The topological polar surface area (TPSA) is 26.0 Å². The molecule has 0 aliphatic carbocycles. The quantitative estimate of drug-likeness (QED) is 0.826. The third kappa shape index (κ3) is 2.96. The van der Waals surface area contributed by atoms with Gasteiger partial charge in [0.2, 0.25) is 0 Å². The van der Waals surface area contributed by atoms with E-state index in [4.69, 9.17) is 17.3 Å². The van der Waals surface area contributed by atoms with Crippen LogP contribution in [0.2, 0.25) is 5.02 Å². The zero-order valence-corrected chi connectivity index (χ0v) is 10.5. The second-order valence-corrected chi connectivity index (χ2v) is 4.63. The fourth-order valence-electron chi connectivity index (χ4n) is 1.61. The van der Waals surface area contributed by atoms with Crippen molar-refractivity contribution < 1.29 is 0 Å². The third-order valence-electron chi connectivity index (χ3n) is 3.09. The van der Waals surface area contributed by atoms with Gasteiger partial charge in [0.1, 0.15) is 0 Å². The minimum Gasteiger partial charge on any atom is -0.330 e. The van der Waals surface area contributed by atoms with E-state index >= 15 is 0 Å². The zero-order valence-electron chi connectivity index (χ0n) is 9.76. The van der Waals surface area contributed by atoms with E-state index in [-0.39, 0.29) is 0 Å². The van der Waals surface area contributed by atoms with Gasteiger partial charge in [-0.3, -0.25) is 0 Å². The average Bonchev–Trinajstić information content (AvgIpc) is 2.26. The Morgan fingerprint density at radius 2 is 1.93 bits per heavy atom. The molecule has 1 nitrogen and oxygen atoms in total.